The number of pyridine rings is 3. The second-order valence-electron chi connectivity index (χ2n) is 10.2. The maximum Gasteiger partial charge on any atom is 0.490 e. The summed E-state index contributed by atoms with van der Waals surface area (Å²) in [7, 11) is 0. The van der Waals surface area contributed by atoms with E-state index in [0.717, 1.165) is 40.8 Å². The molecule has 0 spiro atoms. The van der Waals surface area contributed by atoms with Crippen molar-refractivity contribution in [2.45, 2.75) is 51.0 Å². The minimum atomic E-state index is -5.08. The van der Waals surface area contributed by atoms with Crippen LogP contribution in [-0.4, -0.2) is 82.9 Å². The van der Waals surface area contributed by atoms with Crippen LogP contribution in [0.1, 0.15) is 54.7 Å². The zero-order valence-electron chi connectivity index (χ0n) is 24.3. The minimum Gasteiger partial charge on any atom is -0.475 e. The van der Waals surface area contributed by atoms with Gasteiger partial charge < -0.3 is 19.7 Å². The van der Waals surface area contributed by atoms with E-state index in [2.05, 4.69) is 39.4 Å². The normalized spacial score (nSPS) is 13.8. The van der Waals surface area contributed by atoms with Crippen LogP contribution in [0.25, 0.3) is 22.3 Å². The van der Waals surface area contributed by atoms with Crippen LogP contribution in [0.5, 0.6) is 0 Å². The summed E-state index contributed by atoms with van der Waals surface area (Å²) < 4.78 is 65.7. The minimum absolute atomic E-state index is 0.0499. The average molecular weight is 655 g/mol. The molecule has 0 bridgehead atoms. The van der Waals surface area contributed by atoms with Gasteiger partial charge in [-0.3, -0.25) is 19.7 Å². The van der Waals surface area contributed by atoms with Crippen molar-refractivity contribution < 1.29 is 50.9 Å². The summed E-state index contributed by atoms with van der Waals surface area (Å²) in [5, 5.41) is 14.2. The Morgan fingerprint density at radius 2 is 1.43 bits per heavy atom. The van der Waals surface area contributed by atoms with Gasteiger partial charge in [-0.25, -0.2) is 14.6 Å². The lowest BCUT2D eigenvalue weighted by Crippen LogP contribution is -2.38. The molecule has 1 saturated heterocycles. The molecule has 1 fully saturated rings. The molecular formula is C29H28F6N6O5. The molecule has 4 aromatic heterocycles. The van der Waals surface area contributed by atoms with Crippen molar-refractivity contribution in [3.63, 3.8) is 0 Å². The van der Waals surface area contributed by atoms with Crippen molar-refractivity contribution in [3.8, 4) is 11.3 Å². The van der Waals surface area contributed by atoms with Crippen molar-refractivity contribution in [2.75, 3.05) is 13.1 Å². The maximum atomic E-state index is 12.8. The van der Waals surface area contributed by atoms with Gasteiger partial charge >= 0.3 is 24.3 Å². The van der Waals surface area contributed by atoms with E-state index >= 15 is 0 Å². The highest BCUT2D eigenvalue weighted by atomic mass is 19.4. The Kier molecular flexibility index (Phi) is 11.4. The molecule has 0 aliphatic carbocycles. The van der Waals surface area contributed by atoms with E-state index in [4.69, 9.17) is 24.8 Å². The third kappa shape index (κ3) is 9.21. The Morgan fingerprint density at radius 3 is 1.89 bits per heavy atom. The Hall–Kier alpha value is -5.09. The number of amides is 1. The number of halogens is 6. The first-order chi connectivity index (χ1) is 21.5. The quantitative estimate of drug-likeness (QED) is 0.262. The number of imidazole rings is 1. The van der Waals surface area contributed by atoms with Crippen molar-refractivity contribution in [2.24, 2.45) is 0 Å². The first kappa shape index (κ1) is 35.4. The number of carboxylic acids is 2. The van der Waals surface area contributed by atoms with Crippen molar-refractivity contribution in [1.82, 2.24) is 29.4 Å². The predicted molar refractivity (Wildman–Crippen MR) is 151 cm³/mol. The number of hydrogen-bond donors (Lipinski definition) is 2. The number of hydrogen-bond acceptors (Lipinski definition) is 7. The molecule has 0 saturated carbocycles. The molecule has 0 atom stereocenters. The van der Waals surface area contributed by atoms with Gasteiger partial charge in [0.25, 0.3) is 5.91 Å². The Bertz CT molecular complexity index is 1610. The number of carbonyl (C=O) groups excluding carboxylic acids is 1. The molecular weight excluding hydrogens is 626 g/mol. The number of fused-ring (bicyclic) bond motifs is 1. The van der Waals surface area contributed by atoms with E-state index in [1.165, 1.54) is 0 Å². The van der Waals surface area contributed by atoms with E-state index in [1.807, 2.05) is 35.6 Å². The van der Waals surface area contributed by atoms with Gasteiger partial charge in [0.2, 0.25) is 0 Å². The Balaban J connectivity index is 0.000000345. The van der Waals surface area contributed by atoms with Crippen molar-refractivity contribution in [3.05, 3.63) is 72.7 Å². The van der Waals surface area contributed by atoms with Gasteiger partial charge in [-0.2, -0.15) is 26.3 Å². The highest BCUT2D eigenvalue weighted by Crippen LogP contribution is 2.34. The number of aliphatic carboxylic acids is 2. The van der Waals surface area contributed by atoms with Crippen LogP contribution in [0.3, 0.4) is 0 Å². The smallest absolute Gasteiger partial charge is 0.475 e. The molecule has 0 aromatic carbocycles. The standard InChI is InChI=1S/C25H26N6O.2C2HF3O2/c1-17(2)31-16-28-24-22(31)13-21(29-23(24)19-5-3-9-26-14-19)18-7-11-30(12-8-18)25(32)20-6-4-10-27-15-20;2*3-2(4,5)1(6)7/h3-6,9-10,13-18H,7-8,11-12H2,1-2H3;2*(H,6,7). The second kappa shape index (κ2) is 14.8. The zero-order chi connectivity index (χ0) is 34.2. The fourth-order valence-electron chi connectivity index (χ4n) is 4.43. The summed E-state index contributed by atoms with van der Waals surface area (Å²) in [4.78, 5) is 50.6. The summed E-state index contributed by atoms with van der Waals surface area (Å²) in [6.45, 7) is 5.74. The molecule has 0 radical (unpaired) electrons. The van der Waals surface area contributed by atoms with Gasteiger partial charge in [0, 0.05) is 61.1 Å². The first-order valence-corrected chi connectivity index (χ1v) is 13.6. The summed E-state index contributed by atoms with van der Waals surface area (Å²) in [5.41, 5.74) is 5.55. The molecule has 5 rings (SSSR count). The number of carboxylic acid groups (broad SMARTS) is 2. The van der Waals surface area contributed by atoms with Crippen LogP contribution >= 0.6 is 0 Å². The number of aromatic nitrogens is 5. The Labute approximate surface area is 257 Å². The van der Waals surface area contributed by atoms with E-state index < -0.39 is 24.3 Å². The van der Waals surface area contributed by atoms with Gasteiger partial charge in [-0.1, -0.05) is 0 Å². The highest BCUT2D eigenvalue weighted by molar-refractivity contribution is 5.94. The van der Waals surface area contributed by atoms with Gasteiger partial charge in [-0.05, 0) is 57.0 Å². The number of carbonyl (C=O) groups is 3. The average Bonchev–Trinajstić information content (AvgIpc) is 3.45. The molecule has 1 amide bonds. The van der Waals surface area contributed by atoms with Gasteiger partial charge in [0.1, 0.15) is 5.52 Å². The number of piperidine rings is 1. The molecule has 1 aliphatic rings. The summed E-state index contributed by atoms with van der Waals surface area (Å²) in [5.74, 6) is -5.17. The fourth-order valence-corrected chi connectivity index (χ4v) is 4.43. The summed E-state index contributed by atoms with van der Waals surface area (Å²) in [6, 6.07) is 10.1. The first-order valence-electron chi connectivity index (χ1n) is 13.6. The van der Waals surface area contributed by atoms with E-state index in [9.17, 15) is 31.1 Å². The maximum absolute atomic E-state index is 12.8. The van der Waals surface area contributed by atoms with Crippen LogP contribution in [0.4, 0.5) is 26.3 Å². The number of nitrogens with zero attached hydrogens (tertiary/aromatic N) is 6. The fraction of sp³-hybridized carbons (Fsp3) is 0.345. The van der Waals surface area contributed by atoms with Crippen molar-refractivity contribution >= 4 is 28.9 Å². The lowest BCUT2D eigenvalue weighted by atomic mass is 9.92. The number of alkyl halides is 6. The molecule has 2 N–H and O–H groups in total. The number of likely N-dealkylation sites (tertiary alicyclic amines) is 1. The SMILES string of the molecule is CC(C)n1cnc2c(-c3cccnc3)nc(C3CCN(C(=O)c4cccnc4)CC3)cc21.O=C(O)C(F)(F)F.O=C(O)C(F)(F)F. The van der Waals surface area contributed by atoms with Gasteiger partial charge in [-0.15, -0.1) is 0 Å². The third-order valence-corrected chi connectivity index (χ3v) is 6.67. The highest BCUT2D eigenvalue weighted by Gasteiger charge is 2.39. The van der Waals surface area contributed by atoms with Crippen LogP contribution in [-0.2, 0) is 9.59 Å². The third-order valence-electron chi connectivity index (χ3n) is 6.67. The van der Waals surface area contributed by atoms with Crippen LogP contribution in [0, 0.1) is 0 Å². The van der Waals surface area contributed by atoms with Crippen molar-refractivity contribution in [1.29, 1.82) is 0 Å². The molecule has 246 valence electrons. The largest absolute Gasteiger partial charge is 0.490 e. The van der Waals surface area contributed by atoms with E-state index in [0.29, 0.717) is 30.6 Å². The van der Waals surface area contributed by atoms with Crippen LogP contribution < -0.4 is 0 Å². The molecule has 0 unspecified atom stereocenters. The molecule has 46 heavy (non-hydrogen) atoms. The number of rotatable bonds is 4. The monoisotopic (exact) mass is 654 g/mol. The lowest BCUT2D eigenvalue weighted by Gasteiger charge is -2.32. The summed E-state index contributed by atoms with van der Waals surface area (Å²) >= 11 is 0. The molecule has 17 heteroatoms. The molecule has 4 aromatic rings. The molecule has 11 nitrogen and oxygen atoms in total. The molecule has 5 heterocycles. The predicted octanol–water partition coefficient (Wildman–Crippen LogP) is 5.76. The van der Waals surface area contributed by atoms with Gasteiger partial charge in [0.05, 0.1) is 23.1 Å². The summed E-state index contributed by atoms with van der Waals surface area (Å²) in [6.07, 6.45) is 0.431. The second-order valence-corrected chi connectivity index (χ2v) is 10.2. The van der Waals surface area contributed by atoms with E-state index in [1.54, 1.807) is 24.7 Å². The molecule has 1 aliphatic heterocycles. The van der Waals surface area contributed by atoms with Crippen LogP contribution in [0.2, 0.25) is 0 Å². The Morgan fingerprint density at radius 1 is 0.891 bits per heavy atom. The topological polar surface area (TPSA) is 151 Å². The zero-order valence-corrected chi connectivity index (χ0v) is 24.3. The van der Waals surface area contributed by atoms with E-state index in [-0.39, 0.29) is 5.91 Å². The van der Waals surface area contributed by atoms with Gasteiger partial charge in [0.15, 0.2) is 0 Å². The van der Waals surface area contributed by atoms with Crippen LogP contribution in [0.15, 0.2) is 61.4 Å². The lowest BCUT2D eigenvalue weighted by molar-refractivity contribution is -0.193.